The first-order valence-corrected chi connectivity index (χ1v) is 7.99. The normalized spacial score (nSPS) is 15.8. The summed E-state index contributed by atoms with van der Waals surface area (Å²) in [6.07, 6.45) is 4.87. The van der Waals surface area contributed by atoms with Crippen LogP contribution < -0.4 is 0 Å². The van der Waals surface area contributed by atoms with E-state index in [1.165, 1.54) is 25.7 Å². The van der Waals surface area contributed by atoms with E-state index in [1.807, 2.05) is 25.1 Å². The van der Waals surface area contributed by atoms with E-state index in [0.717, 1.165) is 21.6 Å². The molecule has 2 heterocycles. The van der Waals surface area contributed by atoms with Crippen molar-refractivity contribution in [1.82, 2.24) is 15.0 Å². The Kier molecular flexibility index (Phi) is 4.03. The Labute approximate surface area is 132 Å². The number of aryl methyl sites for hydroxylation is 1. The molecular formula is C15H15BrClN3. The predicted octanol–water partition coefficient (Wildman–Crippen LogP) is 4.92. The highest BCUT2D eigenvalue weighted by Gasteiger charge is 2.24. The summed E-state index contributed by atoms with van der Waals surface area (Å²) < 4.78 is 0.836. The molecule has 0 N–H and O–H groups in total. The van der Waals surface area contributed by atoms with Crippen LogP contribution in [0.15, 0.2) is 22.7 Å². The summed E-state index contributed by atoms with van der Waals surface area (Å²) in [5, 5.41) is 0.472. The van der Waals surface area contributed by atoms with Gasteiger partial charge in [-0.3, -0.25) is 0 Å². The number of nitrogens with zero attached hydrogens (tertiary/aromatic N) is 3. The highest BCUT2D eigenvalue weighted by molar-refractivity contribution is 9.10. The number of hydrogen-bond acceptors (Lipinski definition) is 3. The zero-order valence-corrected chi connectivity index (χ0v) is 13.6. The maximum atomic E-state index is 6.26. The van der Waals surface area contributed by atoms with Crippen LogP contribution in [-0.4, -0.2) is 15.0 Å². The Morgan fingerprint density at radius 1 is 1.15 bits per heavy atom. The standard InChI is InChI=1S/C15H15BrClN3/c1-9-5-4-8-11(18-9)15-19-13(10-6-2-3-7-10)12(16)14(17)20-15/h4-5,8,10H,2-3,6-7H2,1H3. The number of hydrogen-bond donors (Lipinski definition) is 0. The van der Waals surface area contributed by atoms with E-state index in [-0.39, 0.29) is 0 Å². The molecule has 0 bridgehead atoms. The summed E-state index contributed by atoms with van der Waals surface area (Å²) in [5.41, 5.74) is 2.76. The molecule has 3 rings (SSSR count). The van der Waals surface area contributed by atoms with Crippen molar-refractivity contribution in [2.24, 2.45) is 0 Å². The van der Waals surface area contributed by atoms with Crippen LogP contribution in [0.2, 0.25) is 5.15 Å². The number of rotatable bonds is 2. The summed E-state index contributed by atoms with van der Waals surface area (Å²) in [5.74, 6) is 1.09. The first kappa shape index (κ1) is 14.0. The topological polar surface area (TPSA) is 38.7 Å². The molecule has 104 valence electrons. The Morgan fingerprint density at radius 3 is 2.60 bits per heavy atom. The Bertz CT molecular complexity index is 639. The van der Waals surface area contributed by atoms with E-state index in [2.05, 4.69) is 25.9 Å². The molecule has 0 aliphatic heterocycles. The summed E-state index contributed by atoms with van der Waals surface area (Å²) in [6, 6.07) is 5.85. The summed E-state index contributed by atoms with van der Waals surface area (Å²) >= 11 is 9.80. The van der Waals surface area contributed by atoms with Crippen LogP contribution in [0.4, 0.5) is 0 Å². The molecular weight excluding hydrogens is 338 g/mol. The molecule has 0 spiro atoms. The number of halogens is 2. The second kappa shape index (κ2) is 5.78. The largest absolute Gasteiger partial charge is 0.250 e. The third kappa shape index (κ3) is 2.72. The van der Waals surface area contributed by atoms with Gasteiger partial charge in [-0.15, -0.1) is 0 Å². The summed E-state index contributed by atoms with van der Waals surface area (Å²) in [7, 11) is 0. The molecule has 0 unspecified atom stereocenters. The van der Waals surface area contributed by atoms with Crippen LogP contribution in [0, 0.1) is 6.92 Å². The highest BCUT2D eigenvalue weighted by atomic mass is 79.9. The molecule has 0 atom stereocenters. The minimum atomic E-state index is 0.472. The first-order valence-electron chi connectivity index (χ1n) is 6.82. The van der Waals surface area contributed by atoms with Crippen molar-refractivity contribution >= 4 is 27.5 Å². The third-order valence-corrected chi connectivity index (χ3v) is 4.98. The molecule has 5 heteroatoms. The van der Waals surface area contributed by atoms with Crippen molar-refractivity contribution in [1.29, 1.82) is 0 Å². The lowest BCUT2D eigenvalue weighted by molar-refractivity contribution is 0.690. The molecule has 1 fully saturated rings. The molecule has 3 nitrogen and oxygen atoms in total. The maximum absolute atomic E-state index is 6.26. The SMILES string of the molecule is Cc1cccc(-c2nc(Cl)c(Br)c(C3CCCC3)n2)n1. The van der Waals surface area contributed by atoms with Crippen LogP contribution in [0.25, 0.3) is 11.5 Å². The fourth-order valence-electron chi connectivity index (χ4n) is 2.69. The van der Waals surface area contributed by atoms with E-state index in [0.29, 0.717) is 16.9 Å². The zero-order valence-electron chi connectivity index (χ0n) is 11.2. The molecule has 1 aliphatic carbocycles. The lowest BCUT2D eigenvalue weighted by atomic mass is 10.0. The Morgan fingerprint density at radius 2 is 1.90 bits per heavy atom. The molecule has 2 aromatic heterocycles. The molecule has 0 amide bonds. The van der Waals surface area contributed by atoms with Crippen LogP contribution >= 0.6 is 27.5 Å². The second-order valence-corrected chi connectivity index (χ2v) is 6.33. The monoisotopic (exact) mass is 351 g/mol. The molecule has 1 saturated carbocycles. The van der Waals surface area contributed by atoms with Crippen molar-refractivity contribution in [3.8, 4) is 11.5 Å². The van der Waals surface area contributed by atoms with Crippen molar-refractivity contribution in [2.75, 3.05) is 0 Å². The quantitative estimate of drug-likeness (QED) is 0.720. The van der Waals surface area contributed by atoms with Gasteiger partial charge in [-0.2, -0.15) is 0 Å². The predicted molar refractivity (Wildman–Crippen MR) is 83.9 cm³/mol. The summed E-state index contributed by atoms with van der Waals surface area (Å²) in [4.78, 5) is 13.6. The fourth-order valence-corrected chi connectivity index (χ4v) is 3.37. The van der Waals surface area contributed by atoms with Crippen LogP contribution in [0.3, 0.4) is 0 Å². The first-order chi connectivity index (χ1) is 9.65. The minimum absolute atomic E-state index is 0.472. The minimum Gasteiger partial charge on any atom is -0.250 e. The van der Waals surface area contributed by atoms with E-state index in [1.54, 1.807) is 0 Å². The molecule has 0 aromatic carbocycles. The van der Waals surface area contributed by atoms with E-state index >= 15 is 0 Å². The Balaban J connectivity index is 2.08. The van der Waals surface area contributed by atoms with Gasteiger partial charge in [-0.1, -0.05) is 30.5 Å². The van der Waals surface area contributed by atoms with Gasteiger partial charge in [0.05, 0.1) is 10.2 Å². The third-order valence-electron chi connectivity index (χ3n) is 3.70. The zero-order chi connectivity index (χ0) is 14.1. The van der Waals surface area contributed by atoms with Crippen molar-refractivity contribution < 1.29 is 0 Å². The van der Waals surface area contributed by atoms with E-state index in [9.17, 15) is 0 Å². The maximum Gasteiger partial charge on any atom is 0.179 e. The van der Waals surface area contributed by atoms with E-state index in [4.69, 9.17) is 16.6 Å². The molecule has 0 saturated heterocycles. The average Bonchev–Trinajstić information content (AvgIpc) is 2.95. The average molecular weight is 353 g/mol. The van der Waals surface area contributed by atoms with Crippen LogP contribution in [0.5, 0.6) is 0 Å². The smallest absolute Gasteiger partial charge is 0.179 e. The van der Waals surface area contributed by atoms with Crippen LogP contribution in [-0.2, 0) is 0 Å². The molecule has 2 aromatic rings. The molecule has 0 radical (unpaired) electrons. The van der Waals surface area contributed by atoms with Gasteiger partial charge in [0.2, 0.25) is 0 Å². The van der Waals surface area contributed by atoms with E-state index < -0.39 is 0 Å². The van der Waals surface area contributed by atoms with Crippen molar-refractivity contribution in [2.45, 2.75) is 38.5 Å². The van der Waals surface area contributed by atoms with Gasteiger partial charge >= 0.3 is 0 Å². The van der Waals surface area contributed by atoms with Gasteiger partial charge < -0.3 is 0 Å². The lowest BCUT2D eigenvalue weighted by Gasteiger charge is -2.13. The Hall–Kier alpha value is -1.000. The van der Waals surface area contributed by atoms with Crippen molar-refractivity contribution in [3.05, 3.63) is 39.2 Å². The van der Waals surface area contributed by atoms with Gasteiger partial charge in [0.15, 0.2) is 5.82 Å². The van der Waals surface area contributed by atoms with Gasteiger partial charge in [0.1, 0.15) is 10.8 Å². The number of pyridine rings is 1. The van der Waals surface area contributed by atoms with Crippen LogP contribution in [0.1, 0.15) is 43.0 Å². The van der Waals surface area contributed by atoms with Gasteiger partial charge in [-0.25, -0.2) is 15.0 Å². The lowest BCUT2D eigenvalue weighted by Crippen LogP contribution is -2.03. The second-order valence-electron chi connectivity index (χ2n) is 5.18. The number of aromatic nitrogens is 3. The van der Waals surface area contributed by atoms with Gasteiger partial charge in [-0.05, 0) is 47.8 Å². The van der Waals surface area contributed by atoms with Crippen molar-refractivity contribution in [3.63, 3.8) is 0 Å². The summed E-state index contributed by atoms with van der Waals surface area (Å²) in [6.45, 7) is 1.96. The highest BCUT2D eigenvalue weighted by Crippen LogP contribution is 2.39. The fraction of sp³-hybridized carbons (Fsp3) is 0.400. The van der Waals surface area contributed by atoms with Gasteiger partial charge in [0, 0.05) is 11.6 Å². The van der Waals surface area contributed by atoms with Gasteiger partial charge in [0.25, 0.3) is 0 Å². The molecule has 1 aliphatic rings. The molecule has 20 heavy (non-hydrogen) atoms.